The lowest BCUT2D eigenvalue weighted by Gasteiger charge is -2.07. The van der Waals surface area contributed by atoms with Crippen molar-refractivity contribution >= 4 is 5.97 Å². The third-order valence-corrected chi connectivity index (χ3v) is 2.86. The molecule has 108 valence electrons. The van der Waals surface area contributed by atoms with Gasteiger partial charge >= 0.3 is 5.97 Å². The Kier molecular flexibility index (Phi) is 2.94. The number of hydrogen-bond donors (Lipinski definition) is 3. The van der Waals surface area contributed by atoms with Crippen molar-refractivity contribution < 1.29 is 34.3 Å². The number of ether oxygens (including phenoxy) is 3. The van der Waals surface area contributed by atoms with Gasteiger partial charge < -0.3 is 29.5 Å². The van der Waals surface area contributed by atoms with Crippen molar-refractivity contribution in [2.75, 3.05) is 6.79 Å². The summed E-state index contributed by atoms with van der Waals surface area (Å²) >= 11 is 0. The first-order valence-electron chi connectivity index (χ1n) is 5.91. The summed E-state index contributed by atoms with van der Waals surface area (Å²) in [5, 5.41) is 28.0. The van der Waals surface area contributed by atoms with E-state index >= 15 is 0 Å². The van der Waals surface area contributed by atoms with Crippen LogP contribution in [-0.2, 0) is 0 Å². The van der Waals surface area contributed by atoms with Crippen molar-refractivity contribution in [2.45, 2.75) is 0 Å². The maximum absolute atomic E-state index is 11.9. The number of aromatic hydroxyl groups is 3. The molecule has 0 atom stereocenters. The molecule has 0 fully saturated rings. The highest BCUT2D eigenvalue weighted by Crippen LogP contribution is 2.37. The highest BCUT2D eigenvalue weighted by atomic mass is 16.7. The second kappa shape index (κ2) is 4.78. The van der Waals surface area contributed by atoms with Gasteiger partial charge in [0.1, 0.15) is 5.75 Å². The van der Waals surface area contributed by atoms with E-state index in [2.05, 4.69) is 0 Å². The van der Waals surface area contributed by atoms with E-state index in [4.69, 9.17) is 14.2 Å². The van der Waals surface area contributed by atoms with Crippen LogP contribution >= 0.6 is 0 Å². The Morgan fingerprint density at radius 3 is 2.38 bits per heavy atom. The van der Waals surface area contributed by atoms with Gasteiger partial charge in [-0.1, -0.05) is 0 Å². The van der Waals surface area contributed by atoms with Crippen molar-refractivity contribution in [3.8, 4) is 34.5 Å². The van der Waals surface area contributed by atoms with E-state index in [0.29, 0.717) is 11.5 Å². The highest BCUT2D eigenvalue weighted by Gasteiger charge is 2.18. The summed E-state index contributed by atoms with van der Waals surface area (Å²) in [6.45, 7) is 0.104. The highest BCUT2D eigenvalue weighted by molar-refractivity contribution is 5.92. The van der Waals surface area contributed by atoms with Crippen LogP contribution in [-0.4, -0.2) is 28.1 Å². The lowest BCUT2D eigenvalue weighted by Crippen LogP contribution is -2.08. The van der Waals surface area contributed by atoms with Crippen molar-refractivity contribution in [1.82, 2.24) is 0 Å². The van der Waals surface area contributed by atoms with Gasteiger partial charge in [0.2, 0.25) is 6.79 Å². The molecule has 21 heavy (non-hydrogen) atoms. The zero-order valence-electron chi connectivity index (χ0n) is 10.6. The van der Waals surface area contributed by atoms with E-state index in [1.807, 2.05) is 0 Å². The summed E-state index contributed by atoms with van der Waals surface area (Å²) in [6.07, 6.45) is 0. The first kappa shape index (κ1) is 12.9. The Morgan fingerprint density at radius 1 is 1.00 bits per heavy atom. The molecule has 0 saturated heterocycles. The second-order valence-corrected chi connectivity index (χ2v) is 4.27. The molecule has 0 amide bonds. The molecule has 1 aliphatic rings. The van der Waals surface area contributed by atoms with Crippen LogP contribution in [0.5, 0.6) is 34.5 Å². The predicted molar refractivity (Wildman–Crippen MR) is 69.0 cm³/mol. The Morgan fingerprint density at radius 2 is 1.67 bits per heavy atom. The third-order valence-electron chi connectivity index (χ3n) is 2.86. The first-order chi connectivity index (χ1) is 10.0. The van der Waals surface area contributed by atoms with Gasteiger partial charge in [-0.15, -0.1) is 0 Å². The van der Waals surface area contributed by atoms with Crippen LogP contribution in [0.4, 0.5) is 0 Å². The number of phenolic OH excluding ortho intramolecular Hbond substituents is 3. The van der Waals surface area contributed by atoms with Crippen LogP contribution in [0.3, 0.4) is 0 Å². The maximum atomic E-state index is 11.9. The largest absolute Gasteiger partial charge is 0.504 e. The van der Waals surface area contributed by atoms with Gasteiger partial charge in [-0.25, -0.2) is 4.79 Å². The molecule has 0 bridgehead atoms. The fourth-order valence-electron chi connectivity index (χ4n) is 1.83. The summed E-state index contributed by atoms with van der Waals surface area (Å²) in [4.78, 5) is 11.9. The van der Waals surface area contributed by atoms with Gasteiger partial charge in [0.05, 0.1) is 5.56 Å². The topological polar surface area (TPSA) is 105 Å². The van der Waals surface area contributed by atoms with Gasteiger partial charge in [-0.2, -0.15) is 0 Å². The number of rotatable bonds is 2. The maximum Gasteiger partial charge on any atom is 0.343 e. The fraction of sp³-hybridized carbons (Fsp3) is 0.0714. The van der Waals surface area contributed by atoms with Gasteiger partial charge in [-0.3, -0.25) is 0 Å². The minimum Gasteiger partial charge on any atom is -0.504 e. The lowest BCUT2D eigenvalue weighted by molar-refractivity contribution is 0.0733. The van der Waals surface area contributed by atoms with Crippen molar-refractivity contribution in [1.29, 1.82) is 0 Å². The van der Waals surface area contributed by atoms with Crippen LogP contribution in [0.2, 0.25) is 0 Å². The molecule has 3 N–H and O–H groups in total. The average molecular weight is 290 g/mol. The molecule has 0 aromatic heterocycles. The van der Waals surface area contributed by atoms with Crippen molar-refractivity contribution in [3.05, 3.63) is 35.9 Å². The predicted octanol–water partition coefficient (Wildman–Crippen LogP) is 1.75. The summed E-state index contributed by atoms with van der Waals surface area (Å²) in [5.41, 5.74) is -0.111. The Labute approximate surface area is 118 Å². The smallest absolute Gasteiger partial charge is 0.343 e. The van der Waals surface area contributed by atoms with Gasteiger partial charge in [0.25, 0.3) is 0 Å². The van der Waals surface area contributed by atoms with E-state index in [9.17, 15) is 20.1 Å². The van der Waals surface area contributed by atoms with Gasteiger partial charge in [0, 0.05) is 6.07 Å². The van der Waals surface area contributed by atoms with E-state index in [-0.39, 0.29) is 18.1 Å². The molecular formula is C14H10O7. The molecule has 3 rings (SSSR count). The number of carbonyl (C=O) groups excluding carboxylic acids is 1. The minimum absolute atomic E-state index is 0.104. The normalized spacial score (nSPS) is 12.2. The molecule has 0 saturated carbocycles. The fourth-order valence-corrected chi connectivity index (χ4v) is 1.83. The van der Waals surface area contributed by atoms with Crippen molar-refractivity contribution in [3.63, 3.8) is 0 Å². The van der Waals surface area contributed by atoms with Crippen LogP contribution in [0, 0.1) is 0 Å². The van der Waals surface area contributed by atoms with Crippen LogP contribution < -0.4 is 14.2 Å². The van der Waals surface area contributed by atoms with E-state index in [0.717, 1.165) is 12.1 Å². The molecule has 2 aromatic rings. The number of carbonyl (C=O) groups is 1. The Bertz CT molecular complexity index is 700. The standard InChI is InChI=1S/C14H10O7/c15-9-3-7(4-10(16)13(9)17)14(18)21-8-1-2-11-12(5-8)20-6-19-11/h1-5,15-17H,6H2. The van der Waals surface area contributed by atoms with E-state index in [1.165, 1.54) is 12.1 Å². The molecule has 1 heterocycles. The molecule has 2 aromatic carbocycles. The summed E-state index contributed by atoms with van der Waals surface area (Å²) in [6, 6.07) is 6.58. The average Bonchev–Trinajstić information content (AvgIpc) is 2.91. The molecule has 0 spiro atoms. The molecule has 7 nitrogen and oxygen atoms in total. The van der Waals surface area contributed by atoms with Crippen LogP contribution in [0.1, 0.15) is 10.4 Å². The zero-order valence-corrected chi connectivity index (χ0v) is 10.6. The SMILES string of the molecule is O=C(Oc1ccc2c(c1)OCO2)c1cc(O)c(O)c(O)c1. The molecule has 0 radical (unpaired) electrons. The second-order valence-electron chi connectivity index (χ2n) is 4.27. The molecule has 7 heteroatoms. The Hall–Kier alpha value is -3.09. The lowest BCUT2D eigenvalue weighted by atomic mass is 10.2. The minimum atomic E-state index is -0.806. The number of phenols is 3. The van der Waals surface area contributed by atoms with E-state index < -0.39 is 23.2 Å². The molecule has 0 unspecified atom stereocenters. The van der Waals surface area contributed by atoms with Crippen LogP contribution in [0.15, 0.2) is 30.3 Å². The quantitative estimate of drug-likeness (QED) is 0.439. The Balaban J connectivity index is 1.83. The summed E-state index contributed by atoms with van der Waals surface area (Å²) in [5.74, 6) is -1.52. The number of esters is 1. The van der Waals surface area contributed by atoms with E-state index in [1.54, 1.807) is 6.07 Å². The summed E-state index contributed by atoms with van der Waals surface area (Å²) in [7, 11) is 0. The number of benzene rings is 2. The number of fused-ring (bicyclic) bond motifs is 1. The van der Waals surface area contributed by atoms with Crippen molar-refractivity contribution in [2.24, 2.45) is 0 Å². The third kappa shape index (κ3) is 2.36. The summed E-state index contributed by atoms with van der Waals surface area (Å²) < 4.78 is 15.4. The molecule has 0 aliphatic carbocycles. The first-order valence-corrected chi connectivity index (χ1v) is 5.91. The van der Waals surface area contributed by atoms with Gasteiger partial charge in [-0.05, 0) is 24.3 Å². The monoisotopic (exact) mass is 290 g/mol. The van der Waals surface area contributed by atoms with Gasteiger partial charge in [0.15, 0.2) is 28.7 Å². The van der Waals surface area contributed by atoms with Crippen LogP contribution in [0.25, 0.3) is 0 Å². The molecule has 1 aliphatic heterocycles. The molecular weight excluding hydrogens is 280 g/mol. The number of hydrogen-bond acceptors (Lipinski definition) is 7. The zero-order chi connectivity index (χ0) is 15.0.